The van der Waals surface area contributed by atoms with Crippen molar-refractivity contribution in [3.63, 3.8) is 0 Å². The first-order valence-electron chi connectivity index (χ1n) is 9.39. The van der Waals surface area contributed by atoms with Crippen molar-refractivity contribution in [1.29, 1.82) is 0 Å². The molecule has 5 aromatic rings. The van der Waals surface area contributed by atoms with Crippen LogP contribution in [0, 0.1) is 13.8 Å². The Morgan fingerprint density at radius 1 is 0.900 bits per heavy atom. The third-order valence-corrected chi connectivity index (χ3v) is 5.58. The maximum absolute atomic E-state index is 5.95. The summed E-state index contributed by atoms with van der Waals surface area (Å²) in [6.07, 6.45) is 0. The molecule has 0 atom stereocenters. The van der Waals surface area contributed by atoms with Crippen molar-refractivity contribution in [2.24, 2.45) is 0 Å². The standard InChI is InChI=1S/C22H17N5O2S/c1-13-19(20(27-29-13)15-8-4-3-5-9-15)21-26-25-18(28-21)12-30-22-16-10-6-7-11-17(16)23-14(2)24-22/h3-11H,12H2,1-2H3. The van der Waals surface area contributed by atoms with Gasteiger partial charge in [-0.1, -0.05) is 65.4 Å². The number of hydrogen-bond donors (Lipinski definition) is 0. The molecule has 7 nitrogen and oxygen atoms in total. The largest absolute Gasteiger partial charge is 0.420 e. The Morgan fingerprint density at radius 3 is 2.57 bits per heavy atom. The Morgan fingerprint density at radius 2 is 1.70 bits per heavy atom. The first kappa shape index (κ1) is 18.5. The molecule has 8 heteroatoms. The summed E-state index contributed by atoms with van der Waals surface area (Å²) in [6.45, 7) is 3.73. The minimum atomic E-state index is 0.395. The van der Waals surface area contributed by atoms with Crippen LogP contribution in [-0.2, 0) is 5.75 Å². The normalized spacial score (nSPS) is 11.3. The minimum absolute atomic E-state index is 0.395. The molecule has 148 valence electrons. The van der Waals surface area contributed by atoms with Gasteiger partial charge in [0.1, 0.15) is 27.9 Å². The summed E-state index contributed by atoms with van der Waals surface area (Å²) in [6, 6.07) is 17.8. The predicted molar refractivity (Wildman–Crippen MR) is 114 cm³/mol. The molecule has 0 radical (unpaired) electrons. The van der Waals surface area contributed by atoms with Gasteiger partial charge in [0.15, 0.2) is 0 Å². The van der Waals surface area contributed by atoms with Crippen LogP contribution in [0.1, 0.15) is 17.5 Å². The Kier molecular flexibility index (Phi) is 4.76. The second-order valence-electron chi connectivity index (χ2n) is 6.71. The van der Waals surface area contributed by atoms with Crippen molar-refractivity contribution in [2.45, 2.75) is 24.6 Å². The lowest BCUT2D eigenvalue weighted by Crippen LogP contribution is -1.93. The monoisotopic (exact) mass is 415 g/mol. The third-order valence-electron chi connectivity index (χ3n) is 4.60. The quantitative estimate of drug-likeness (QED) is 0.284. The molecular formula is C22H17N5O2S. The van der Waals surface area contributed by atoms with Gasteiger partial charge in [-0.05, 0) is 19.9 Å². The van der Waals surface area contributed by atoms with Crippen LogP contribution in [0.15, 0.2) is 68.6 Å². The fourth-order valence-electron chi connectivity index (χ4n) is 3.23. The maximum Gasteiger partial charge on any atom is 0.253 e. The van der Waals surface area contributed by atoms with Crippen molar-refractivity contribution < 1.29 is 8.94 Å². The highest BCUT2D eigenvalue weighted by molar-refractivity contribution is 7.98. The molecule has 0 saturated heterocycles. The van der Waals surface area contributed by atoms with Crippen LogP contribution in [0.3, 0.4) is 0 Å². The van der Waals surface area contributed by atoms with Crippen molar-refractivity contribution in [2.75, 3.05) is 0 Å². The lowest BCUT2D eigenvalue weighted by molar-refractivity contribution is 0.399. The van der Waals surface area contributed by atoms with Crippen LogP contribution in [0.2, 0.25) is 0 Å². The van der Waals surface area contributed by atoms with Gasteiger partial charge < -0.3 is 8.94 Å². The van der Waals surface area contributed by atoms with Gasteiger partial charge in [0.05, 0.1) is 11.3 Å². The molecule has 0 aliphatic heterocycles. The minimum Gasteiger partial charge on any atom is -0.420 e. The van der Waals surface area contributed by atoms with Crippen LogP contribution in [-0.4, -0.2) is 25.3 Å². The SMILES string of the molecule is Cc1nc(SCc2nnc(-c3c(-c4ccccc4)noc3C)o2)c2ccccc2n1. The van der Waals surface area contributed by atoms with Gasteiger partial charge >= 0.3 is 0 Å². The molecule has 30 heavy (non-hydrogen) atoms. The molecule has 0 fully saturated rings. The van der Waals surface area contributed by atoms with E-state index in [-0.39, 0.29) is 0 Å². The second-order valence-corrected chi connectivity index (χ2v) is 7.68. The van der Waals surface area contributed by atoms with Crippen molar-refractivity contribution in [3.8, 4) is 22.7 Å². The van der Waals surface area contributed by atoms with Crippen LogP contribution in [0.4, 0.5) is 0 Å². The summed E-state index contributed by atoms with van der Waals surface area (Å²) in [5.74, 6) is 2.77. The zero-order valence-corrected chi connectivity index (χ0v) is 17.2. The molecule has 0 aliphatic rings. The van der Waals surface area contributed by atoms with E-state index in [0.717, 1.165) is 27.3 Å². The van der Waals surface area contributed by atoms with E-state index in [4.69, 9.17) is 8.94 Å². The number of thioether (sulfide) groups is 1. The summed E-state index contributed by atoms with van der Waals surface area (Å²) >= 11 is 1.55. The van der Waals surface area contributed by atoms with Gasteiger partial charge in [-0.2, -0.15) is 0 Å². The number of benzene rings is 2. The molecule has 5 rings (SSSR count). The molecule has 0 aliphatic carbocycles. The smallest absolute Gasteiger partial charge is 0.253 e. The Hall–Kier alpha value is -3.52. The Labute approximate surface area is 176 Å². The molecule has 0 amide bonds. The number of aromatic nitrogens is 5. The van der Waals surface area contributed by atoms with E-state index in [1.165, 1.54) is 0 Å². The first-order chi connectivity index (χ1) is 14.7. The fraction of sp³-hybridized carbons (Fsp3) is 0.136. The van der Waals surface area contributed by atoms with E-state index in [2.05, 4.69) is 25.3 Å². The van der Waals surface area contributed by atoms with E-state index in [0.29, 0.717) is 34.6 Å². The molecule has 3 heterocycles. The number of nitrogens with zero attached hydrogens (tertiary/aromatic N) is 5. The molecule has 0 saturated carbocycles. The van der Waals surface area contributed by atoms with E-state index >= 15 is 0 Å². The van der Waals surface area contributed by atoms with Crippen LogP contribution in [0.25, 0.3) is 33.6 Å². The third kappa shape index (κ3) is 3.46. The van der Waals surface area contributed by atoms with Gasteiger partial charge in [0.25, 0.3) is 5.89 Å². The van der Waals surface area contributed by atoms with Gasteiger partial charge in [0, 0.05) is 10.9 Å². The fourth-order valence-corrected chi connectivity index (χ4v) is 4.13. The number of fused-ring (bicyclic) bond motifs is 1. The van der Waals surface area contributed by atoms with Crippen molar-refractivity contribution in [1.82, 2.24) is 25.3 Å². The highest BCUT2D eigenvalue weighted by Crippen LogP contribution is 2.34. The maximum atomic E-state index is 5.95. The number of rotatable bonds is 5. The highest BCUT2D eigenvalue weighted by Gasteiger charge is 2.22. The van der Waals surface area contributed by atoms with E-state index in [1.54, 1.807) is 11.8 Å². The summed E-state index contributed by atoms with van der Waals surface area (Å²) in [7, 11) is 0. The topological polar surface area (TPSA) is 90.7 Å². The zero-order valence-electron chi connectivity index (χ0n) is 16.4. The summed E-state index contributed by atoms with van der Waals surface area (Å²) in [5, 5.41) is 14.5. The van der Waals surface area contributed by atoms with Crippen molar-refractivity contribution in [3.05, 3.63) is 72.1 Å². The first-order valence-corrected chi connectivity index (χ1v) is 10.4. The lowest BCUT2D eigenvalue weighted by atomic mass is 10.1. The average Bonchev–Trinajstić information content (AvgIpc) is 3.38. The molecule has 0 bridgehead atoms. The predicted octanol–water partition coefficient (Wildman–Crippen LogP) is 5.24. The van der Waals surface area contributed by atoms with E-state index in [1.807, 2.05) is 68.4 Å². The molecule has 3 aromatic heterocycles. The zero-order chi connectivity index (χ0) is 20.5. The van der Waals surface area contributed by atoms with Crippen LogP contribution in [0.5, 0.6) is 0 Å². The van der Waals surface area contributed by atoms with Crippen LogP contribution < -0.4 is 0 Å². The number of para-hydroxylation sites is 1. The van der Waals surface area contributed by atoms with Gasteiger partial charge in [-0.25, -0.2) is 9.97 Å². The van der Waals surface area contributed by atoms with Gasteiger partial charge in [-0.15, -0.1) is 10.2 Å². The number of aryl methyl sites for hydroxylation is 2. The number of hydrogen-bond acceptors (Lipinski definition) is 8. The molecule has 0 unspecified atom stereocenters. The molecule has 2 aromatic carbocycles. The van der Waals surface area contributed by atoms with E-state index in [9.17, 15) is 0 Å². The second kappa shape index (κ2) is 7.72. The molecular weight excluding hydrogens is 398 g/mol. The molecule has 0 N–H and O–H groups in total. The summed E-state index contributed by atoms with van der Waals surface area (Å²) < 4.78 is 11.4. The van der Waals surface area contributed by atoms with Gasteiger partial charge in [0.2, 0.25) is 5.89 Å². The molecule has 0 spiro atoms. The summed E-state index contributed by atoms with van der Waals surface area (Å²) in [5.41, 5.74) is 3.26. The average molecular weight is 415 g/mol. The summed E-state index contributed by atoms with van der Waals surface area (Å²) in [4.78, 5) is 9.06. The lowest BCUT2D eigenvalue weighted by Gasteiger charge is -2.05. The van der Waals surface area contributed by atoms with Crippen molar-refractivity contribution >= 4 is 22.7 Å². The Bertz CT molecular complexity index is 1330. The van der Waals surface area contributed by atoms with Gasteiger partial charge in [-0.3, -0.25) is 0 Å². The Balaban J connectivity index is 1.43. The van der Waals surface area contributed by atoms with Crippen LogP contribution >= 0.6 is 11.8 Å². The van der Waals surface area contributed by atoms with E-state index < -0.39 is 0 Å². The highest BCUT2D eigenvalue weighted by atomic mass is 32.2.